The van der Waals surface area contributed by atoms with Crippen LogP contribution in [0.1, 0.15) is 29.6 Å². The molecule has 6 heteroatoms. The normalized spacial score (nSPS) is 16.1. The fourth-order valence-electron chi connectivity index (χ4n) is 2.02. The minimum Gasteiger partial charge on any atom is -0.496 e. The number of ether oxygens (including phenoxy) is 1. The van der Waals surface area contributed by atoms with E-state index in [1.807, 2.05) is 0 Å². The van der Waals surface area contributed by atoms with Crippen LogP contribution in [0.5, 0.6) is 5.75 Å². The van der Waals surface area contributed by atoms with Gasteiger partial charge in [0, 0.05) is 19.2 Å². The van der Waals surface area contributed by atoms with E-state index < -0.39 is 5.97 Å². The molecule has 0 bridgehead atoms. The number of carbonyl (C=O) groups excluding carboxylic acids is 1. The van der Waals surface area contributed by atoms with Gasteiger partial charge in [-0.3, -0.25) is 0 Å². The van der Waals surface area contributed by atoms with Gasteiger partial charge in [0.15, 0.2) is 0 Å². The number of nitrogens with two attached hydrogens (primary N) is 1. The molecule has 1 aliphatic rings. The summed E-state index contributed by atoms with van der Waals surface area (Å²) in [6, 6.07) is 3.00. The molecule has 0 atom stereocenters. The van der Waals surface area contributed by atoms with Crippen LogP contribution in [0.4, 0.5) is 5.69 Å². The van der Waals surface area contributed by atoms with Crippen LogP contribution in [0.25, 0.3) is 0 Å². The molecule has 0 aromatic heterocycles. The number of piperidine rings is 1. The van der Waals surface area contributed by atoms with E-state index in [0.717, 1.165) is 25.9 Å². The second kappa shape index (κ2) is 6.12. The highest BCUT2D eigenvalue weighted by molar-refractivity contribution is 6.33. The average Bonchev–Trinajstić information content (AvgIpc) is 2.42. The molecular weight excluding hydrogens is 268 g/mol. The molecule has 1 heterocycles. The highest BCUT2D eigenvalue weighted by Gasteiger charge is 2.20. The molecule has 0 radical (unpaired) electrons. The summed E-state index contributed by atoms with van der Waals surface area (Å²) < 4.78 is 5.13. The van der Waals surface area contributed by atoms with E-state index in [2.05, 4.69) is 0 Å². The van der Waals surface area contributed by atoms with Crippen LogP contribution in [0.2, 0.25) is 5.02 Å². The fourth-order valence-corrected chi connectivity index (χ4v) is 2.18. The Morgan fingerprint density at radius 1 is 1.32 bits per heavy atom. The lowest BCUT2D eigenvalue weighted by Gasteiger charge is -2.25. The highest BCUT2D eigenvalue weighted by Crippen LogP contribution is 2.29. The van der Waals surface area contributed by atoms with Crippen LogP contribution in [0.3, 0.4) is 0 Å². The first-order chi connectivity index (χ1) is 9.11. The van der Waals surface area contributed by atoms with Crippen molar-refractivity contribution in [1.82, 2.24) is 5.06 Å². The van der Waals surface area contributed by atoms with E-state index in [4.69, 9.17) is 26.9 Å². The van der Waals surface area contributed by atoms with Crippen molar-refractivity contribution in [3.63, 3.8) is 0 Å². The Labute approximate surface area is 117 Å². The molecule has 2 rings (SSSR count). The van der Waals surface area contributed by atoms with E-state index in [-0.39, 0.29) is 5.56 Å². The minimum absolute atomic E-state index is 0.285. The standard InChI is InChI=1S/C13H17ClN2O3/c1-18-12-8-11(15)10(14)7-9(12)13(17)19-16-5-3-2-4-6-16/h7-8H,2-6,15H2,1H3. The summed E-state index contributed by atoms with van der Waals surface area (Å²) in [7, 11) is 1.47. The summed E-state index contributed by atoms with van der Waals surface area (Å²) in [6.07, 6.45) is 3.24. The van der Waals surface area contributed by atoms with Crippen molar-refractivity contribution in [1.29, 1.82) is 0 Å². The molecule has 1 aromatic rings. The number of hydrogen-bond donors (Lipinski definition) is 1. The fraction of sp³-hybridized carbons (Fsp3) is 0.462. The van der Waals surface area contributed by atoms with E-state index in [9.17, 15) is 4.79 Å². The third kappa shape index (κ3) is 3.30. The van der Waals surface area contributed by atoms with Crippen molar-refractivity contribution in [3.8, 4) is 5.75 Å². The molecule has 1 saturated heterocycles. The number of hydroxylamine groups is 2. The molecule has 0 unspecified atom stereocenters. The molecule has 0 spiro atoms. The summed E-state index contributed by atoms with van der Waals surface area (Å²) in [6.45, 7) is 1.52. The van der Waals surface area contributed by atoms with Gasteiger partial charge in [-0.05, 0) is 18.9 Å². The zero-order valence-electron chi connectivity index (χ0n) is 10.8. The third-order valence-corrected chi connectivity index (χ3v) is 3.39. The zero-order chi connectivity index (χ0) is 13.8. The molecule has 2 N–H and O–H groups in total. The largest absolute Gasteiger partial charge is 0.496 e. The highest BCUT2D eigenvalue weighted by atomic mass is 35.5. The first-order valence-corrected chi connectivity index (χ1v) is 6.60. The summed E-state index contributed by atoms with van der Waals surface area (Å²) in [4.78, 5) is 17.4. The van der Waals surface area contributed by atoms with Gasteiger partial charge in [0.2, 0.25) is 0 Å². The molecule has 104 valence electrons. The van der Waals surface area contributed by atoms with Crippen LogP contribution in [0.15, 0.2) is 12.1 Å². The first kappa shape index (κ1) is 14.0. The number of methoxy groups -OCH3 is 1. The number of benzene rings is 1. The van der Waals surface area contributed by atoms with Crippen molar-refractivity contribution in [2.45, 2.75) is 19.3 Å². The lowest BCUT2D eigenvalue weighted by molar-refractivity contribution is -0.119. The van der Waals surface area contributed by atoms with Gasteiger partial charge in [-0.15, -0.1) is 5.06 Å². The predicted molar refractivity (Wildman–Crippen MR) is 73.3 cm³/mol. The number of halogens is 1. The van der Waals surface area contributed by atoms with Gasteiger partial charge < -0.3 is 15.3 Å². The Morgan fingerprint density at radius 2 is 2.00 bits per heavy atom. The van der Waals surface area contributed by atoms with Crippen LogP contribution in [0, 0.1) is 0 Å². The third-order valence-electron chi connectivity index (χ3n) is 3.07. The van der Waals surface area contributed by atoms with E-state index in [1.165, 1.54) is 25.7 Å². The van der Waals surface area contributed by atoms with Crippen molar-refractivity contribution in [2.75, 3.05) is 25.9 Å². The van der Waals surface area contributed by atoms with Gasteiger partial charge in [0.25, 0.3) is 0 Å². The predicted octanol–water partition coefficient (Wildman–Crippen LogP) is 2.49. The molecule has 5 nitrogen and oxygen atoms in total. The van der Waals surface area contributed by atoms with Gasteiger partial charge in [-0.2, -0.15) is 0 Å². The Kier molecular flexibility index (Phi) is 4.50. The van der Waals surface area contributed by atoms with Crippen molar-refractivity contribution in [3.05, 3.63) is 22.7 Å². The number of nitrogens with zero attached hydrogens (tertiary/aromatic N) is 1. The summed E-state index contributed by atoms with van der Waals surface area (Å²) >= 11 is 5.93. The molecule has 19 heavy (non-hydrogen) atoms. The topological polar surface area (TPSA) is 64.8 Å². The van der Waals surface area contributed by atoms with Crippen LogP contribution >= 0.6 is 11.6 Å². The Balaban J connectivity index is 2.15. The molecule has 1 aromatic carbocycles. The van der Waals surface area contributed by atoms with Gasteiger partial charge in [-0.1, -0.05) is 18.0 Å². The molecular formula is C13H17ClN2O3. The summed E-state index contributed by atoms with van der Waals surface area (Å²) in [5, 5.41) is 1.99. The first-order valence-electron chi connectivity index (χ1n) is 6.22. The Bertz CT molecular complexity index is 473. The maximum Gasteiger partial charge on any atom is 0.360 e. The van der Waals surface area contributed by atoms with Gasteiger partial charge >= 0.3 is 5.97 Å². The lowest BCUT2D eigenvalue weighted by atomic mass is 10.1. The second-order valence-electron chi connectivity index (χ2n) is 4.44. The second-order valence-corrected chi connectivity index (χ2v) is 4.85. The molecule has 0 amide bonds. The van der Waals surface area contributed by atoms with Crippen molar-refractivity contribution in [2.24, 2.45) is 0 Å². The number of rotatable bonds is 3. The number of anilines is 1. The SMILES string of the molecule is COc1cc(N)c(Cl)cc1C(=O)ON1CCCCC1. The summed E-state index contributed by atoms with van der Waals surface area (Å²) in [5.74, 6) is -0.107. The van der Waals surface area contributed by atoms with E-state index in [0.29, 0.717) is 16.5 Å². The lowest BCUT2D eigenvalue weighted by Crippen LogP contribution is -2.32. The molecule has 1 aliphatic heterocycles. The van der Waals surface area contributed by atoms with E-state index >= 15 is 0 Å². The maximum atomic E-state index is 12.1. The molecule has 0 saturated carbocycles. The Hall–Kier alpha value is -1.46. The van der Waals surface area contributed by atoms with E-state index in [1.54, 1.807) is 5.06 Å². The van der Waals surface area contributed by atoms with Gasteiger partial charge in [-0.25, -0.2) is 4.79 Å². The number of nitrogen functional groups attached to an aromatic ring is 1. The minimum atomic E-state index is -0.472. The number of carbonyl (C=O) groups is 1. The molecule has 1 fully saturated rings. The maximum absolute atomic E-state index is 12.1. The van der Waals surface area contributed by atoms with Crippen molar-refractivity contribution >= 4 is 23.3 Å². The van der Waals surface area contributed by atoms with Crippen LogP contribution < -0.4 is 10.5 Å². The van der Waals surface area contributed by atoms with Crippen LogP contribution in [-0.4, -0.2) is 31.2 Å². The average molecular weight is 285 g/mol. The smallest absolute Gasteiger partial charge is 0.360 e. The Morgan fingerprint density at radius 3 is 2.63 bits per heavy atom. The monoisotopic (exact) mass is 284 g/mol. The van der Waals surface area contributed by atoms with Gasteiger partial charge in [0.05, 0.1) is 17.8 Å². The quantitative estimate of drug-likeness (QED) is 0.864. The zero-order valence-corrected chi connectivity index (χ0v) is 11.6. The van der Waals surface area contributed by atoms with Crippen LogP contribution in [-0.2, 0) is 4.84 Å². The van der Waals surface area contributed by atoms with Crippen molar-refractivity contribution < 1.29 is 14.4 Å². The molecule has 0 aliphatic carbocycles. The van der Waals surface area contributed by atoms with Gasteiger partial charge in [0.1, 0.15) is 11.3 Å². The summed E-state index contributed by atoms with van der Waals surface area (Å²) in [5.41, 5.74) is 6.33. The number of hydrogen-bond acceptors (Lipinski definition) is 5.